The molecular weight excluding hydrogens is 329 g/mol. The zero-order valence-electron chi connectivity index (χ0n) is 13.8. The van der Waals surface area contributed by atoms with Crippen LogP contribution in [0.2, 0.25) is 0 Å². The maximum Gasteiger partial charge on any atom is 0 e. The third-order valence-corrected chi connectivity index (χ3v) is 4.53. The van der Waals surface area contributed by atoms with Gasteiger partial charge in [-0.15, -0.1) is 0 Å². The first kappa shape index (κ1) is 17.4. The number of hydrogen-bond acceptors (Lipinski definition) is 0. The van der Waals surface area contributed by atoms with Gasteiger partial charge < -0.3 is 0 Å². The Morgan fingerprint density at radius 2 is 1.40 bits per heavy atom. The third kappa shape index (κ3) is 2.84. The van der Waals surface area contributed by atoms with E-state index in [1.807, 2.05) is 0 Å². The van der Waals surface area contributed by atoms with Gasteiger partial charge in [0, 0.05) is 19.5 Å². The summed E-state index contributed by atoms with van der Waals surface area (Å²) in [6.45, 7) is 16.1. The van der Waals surface area contributed by atoms with E-state index < -0.39 is 0 Å². The minimum absolute atomic E-state index is 0. The van der Waals surface area contributed by atoms with Crippen molar-refractivity contribution < 1.29 is 19.5 Å². The molecule has 0 N–H and O–H groups in total. The van der Waals surface area contributed by atoms with Crippen LogP contribution < -0.4 is 0 Å². The minimum Gasteiger partial charge on any atom is -0.0801 e. The predicted molar refractivity (Wildman–Crippen MR) is 85.8 cm³/mol. The van der Waals surface area contributed by atoms with Gasteiger partial charge in [0.1, 0.15) is 0 Å². The van der Waals surface area contributed by atoms with E-state index in [1.165, 1.54) is 39.0 Å². The van der Waals surface area contributed by atoms with Crippen LogP contribution in [-0.4, -0.2) is 0 Å². The molecule has 0 amide bonds. The fourth-order valence-electron chi connectivity index (χ4n) is 3.28. The first-order valence-corrected chi connectivity index (χ1v) is 7.22. The van der Waals surface area contributed by atoms with E-state index in [0.29, 0.717) is 0 Å². The van der Waals surface area contributed by atoms with E-state index in [1.54, 1.807) is 0 Å². The maximum atomic E-state index is 2.33. The fourth-order valence-corrected chi connectivity index (χ4v) is 3.28. The molecular formula is C19H26Ru. The Morgan fingerprint density at radius 1 is 0.850 bits per heavy atom. The summed E-state index contributed by atoms with van der Waals surface area (Å²) in [4.78, 5) is 0. The van der Waals surface area contributed by atoms with Gasteiger partial charge in [0.15, 0.2) is 0 Å². The maximum absolute atomic E-state index is 2.33. The summed E-state index contributed by atoms with van der Waals surface area (Å²) in [7, 11) is 0. The van der Waals surface area contributed by atoms with Crippen LogP contribution in [0.15, 0.2) is 18.2 Å². The first-order chi connectivity index (χ1) is 8.75. The Morgan fingerprint density at radius 3 is 1.85 bits per heavy atom. The molecule has 0 nitrogen and oxygen atoms in total. The van der Waals surface area contributed by atoms with Gasteiger partial charge in [-0.05, 0) is 78.5 Å². The van der Waals surface area contributed by atoms with Crippen LogP contribution in [0.1, 0.15) is 60.6 Å². The van der Waals surface area contributed by atoms with Gasteiger partial charge in [-0.2, -0.15) is 0 Å². The fraction of sp³-hybridized carbons (Fsp3) is 0.474. The van der Waals surface area contributed by atoms with Crippen LogP contribution in [0.3, 0.4) is 0 Å². The van der Waals surface area contributed by atoms with Gasteiger partial charge >= 0.3 is 0 Å². The Hall–Kier alpha value is -0.677. The molecule has 2 rings (SSSR count). The molecule has 0 atom stereocenters. The zero-order valence-corrected chi connectivity index (χ0v) is 15.5. The second-order valence-electron chi connectivity index (χ2n) is 6.82. The molecule has 1 aliphatic rings. The van der Waals surface area contributed by atoms with Crippen molar-refractivity contribution in [2.75, 3.05) is 0 Å². The smallest absolute Gasteiger partial charge is 0 e. The molecule has 0 heterocycles. The van der Waals surface area contributed by atoms with Gasteiger partial charge in [0.25, 0.3) is 0 Å². The average molecular weight is 355 g/mol. The largest absolute Gasteiger partial charge is 0.0801 e. The monoisotopic (exact) mass is 356 g/mol. The number of allylic oxidation sites excluding steroid dienone is 4. The van der Waals surface area contributed by atoms with Crippen LogP contribution in [0.5, 0.6) is 0 Å². The minimum atomic E-state index is 0. The standard InChI is InChI=1S/C19H26.Ru/c1-12-13(2)15(4)18(19(5,6)7)17(14(12)3)16-10-8-9-11-16;/h8-10H,11H2,1-7H3;. The van der Waals surface area contributed by atoms with Crippen molar-refractivity contribution >= 4 is 5.57 Å². The molecule has 0 saturated heterocycles. The van der Waals surface area contributed by atoms with E-state index in [0.717, 1.165) is 6.42 Å². The van der Waals surface area contributed by atoms with E-state index in [-0.39, 0.29) is 24.9 Å². The van der Waals surface area contributed by atoms with Crippen LogP contribution in [0.25, 0.3) is 5.57 Å². The summed E-state index contributed by atoms with van der Waals surface area (Å²) in [6, 6.07) is 0. The molecule has 0 fully saturated rings. The van der Waals surface area contributed by atoms with Crippen molar-refractivity contribution in [3.8, 4) is 0 Å². The Kier molecular flexibility index (Phi) is 5.20. The van der Waals surface area contributed by atoms with Crippen molar-refractivity contribution in [1.29, 1.82) is 0 Å². The van der Waals surface area contributed by atoms with Crippen molar-refractivity contribution in [3.05, 3.63) is 51.6 Å². The van der Waals surface area contributed by atoms with Gasteiger partial charge in [-0.3, -0.25) is 0 Å². The SMILES string of the molecule is Cc1c(C)c(C)c(C(C)(C)C)c(C2=CC=CC2)c1C.[Ru]. The molecule has 0 unspecified atom stereocenters. The molecule has 0 saturated carbocycles. The molecule has 1 aromatic rings. The second-order valence-corrected chi connectivity index (χ2v) is 6.82. The molecule has 0 radical (unpaired) electrons. The molecule has 1 aliphatic carbocycles. The summed E-state index contributed by atoms with van der Waals surface area (Å²) < 4.78 is 0. The van der Waals surface area contributed by atoms with Crippen LogP contribution in [-0.2, 0) is 24.9 Å². The van der Waals surface area contributed by atoms with E-state index in [2.05, 4.69) is 66.7 Å². The van der Waals surface area contributed by atoms with E-state index in [4.69, 9.17) is 0 Å². The first-order valence-electron chi connectivity index (χ1n) is 7.22. The molecule has 110 valence electrons. The normalized spacial score (nSPS) is 14.2. The zero-order chi connectivity index (χ0) is 14.4. The van der Waals surface area contributed by atoms with E-state index >= 15 is 0 Å². The molecule has 1 heteroatoms. The number of benzene rings is 1. The molecule has 20 heavy (non-hydrogen) atoms. The van der Waals surface area contributed by atoms with Crippen molar-refractivity contribution in [2.24, 2.45) is 0 Å². The predicted octanol–water partition coefficient (Wildman–Crippen LogP) is 5.56. The van der Waals surface area contributed by atoms with Crippen molar-refractivity contribution in [1.82, 2.24) is 0 Å². The number of rotatable bonds is 1. The molecule has 0 bridgehead atoms. The summed E-state index contributed by atoms with van der Waals surface area (Å²) in [6.07, 6.45) is 7.80. The summed E-state index contributed by atoms with van der Waals surface area (Å²) >= 11 is 0. The van der Waals surface area contributed by atoms with E-state index in [9.17, 15) is 0 Å². The quantitative estimate of drug-likeness (QED) is 0.579. The van der Waals surface area contributed by atoms with Gasteiger partial charge in [0.05, 0.1) is 0 Å². The molecule has 0 spiro atoms. The topological polar surface area (TPSA) is 0 Å². The average Bonchev–Trinajstić information content (AvgIpc) is 2.82. The third-order valence-electron chi connectivity index (χ3n) is 4.53. The number of hydrogen-bond donors (Lipinski definition) is 0. The summed E-state index contributed by atoms with van der Waals surface area (Å²) in [5.74, 6) is 0. The van der Waals surface area contributed by atoms with Crippen LogP contribution in [0, 0.1) is 27.7 Å². The Labute approximate surface area is 137 Å². The second kappa shape index (κ2) is 5.98. The molecule has 0 aromatic heterocycles. The van der Waals surface area contributed by atoms with Gasteiger partial charge in [-0.25, -0.2) is 0 Å². The van der Waals surface area contributed by atoms with Crippen molar-refractivity contribution in [2.45, 2.75) is 60.3 Å². The summed E-state index contributed by atoms with van der Waals surface area (Å²) in [5.41, 5.74) is 10.5. The Balaban J connectivity index is 0.00000200. The molecule has 1 aromatic carbocycles. The summed E-state index contributed by atoms with van der Waals surface area (Å²) in [5, 5.41) is 0. The van der Waals surface area contributed by atoms with Crippen molar-refractivity contribution in [3.63, 3.8) is 0 Å². The van der Waals surface area contributed by atoms with Gasteiger partial charge in [-0.1, -0.05) is 39.0 Å². The van der Waals surface area contributed by atoms with Crippen LogP contribution in [0.4, 0.5) is 0 Å². The van der Waals surface area contributed by atoms with Gasteiger partial charge in [0.2, 0.25) is 0 Å². The Bertz CT molecular complexity index is 581. The molecule has 0 aliphatic heterocycles. The van der Waals surface area contributed by atoms with Crippen LogP contribution >= 0.6 is 0 Å².